The Kier molecular flexibility index (Phi) is 8.31. The number of amides is 1. The van der Waals surface area contributed by atoms with Crippen molar-refractivity contribution in [2.24, 2.45) is 0 Å². The Balaban J connectivity index is 2.18. The van der Waals surface area contributed by atoms with Gasteiger partial charge in [0.1, 0.15) is 11.8 Å². The van der Waals surface area contributed by atoms with Crippen molar-refractivity contribution in [2.75, 3.05) is 20.8 Å². The molecule has 1 atom stereocenters. The van der Waals surface area contributed by atoms with Crippen LogP contribution in [0.2, 0.25) is 0 Å². The molecule has 1 N–H and O–H groups in total. The Morgan fingerprint density at radius 2 is 1.69 bits per heavy atom. The van der Waals surface area contributed by atoms with Crippen molar-refractivity contribution in [1.82, 2.24) is 5.32 Å². The SMILES string of the molecule is CCOc1cc(B2OC(C)(C)C(C)(C)O2)ccc1CC(=O)NC(CC(=O)OC)C(=O)OC. The van der Waals surface area contributed by atoms with Gasteiger partial charge < -0.3 is 28.8 Å². The number of hydrogen-bond acceptors (Lipinski definition) is 8. The van der Waals surface area contributed by atoms with E-state index in [1.807, 2.05) is 40.7 Å². The van der Waals surface area contributed by atoms with E-state index in [0.29, 0.717) is 17.9 Å². The van der Waals surface area contributed by atoms with Gasteiger partial charge in [0, 0.05) is 5.56 Å². The maximum absolute atomic E-state index is 12.6. The van der Waals surface area contributed by atoms with Crippen LogP contribution >= 0.6 is 0 Å². The molecule has 32 heavy (non-hydrogen) atoms. The third-order valence-electron chi connectivity index (χ3n) is 5.69. The zero-order valence-electron chi connectivity index (χ0n) is 19.8. The molecule has 0 aliphatic carbocycles. The van der Waals surface area contributed by atoms with E-state index in [4.69, 9.17) is 14.0 Å². The molecule has 0 bridgehead atoms. The Morgan fingerprint density at radius 3 is 2.22 bits per heavy atom. The lowest BCUT2D eigenvalue weighted by molar-refractivity contribution is -0.150. The molecule has 0 aromatic heterocycles. The Hall–Kier alpha value is -2.59. The Bertz CT molecular complexity index is 838. The number of ether oxygens (including phenoxy) is 3. The molecule has 1 unspecified atom stereocenters. The molecule has 1 fully saturated rings. The predicted octanol–water partition coefficient (Wildman–Crippen LogP) is 1.15. The van der Waals surface area contributed by atoms with Gasteiger partial charge in [-0.05, 0) is 46.1 Å². The van der Waals surface area contributed by atoms with Crippen LogP contribution in [-0.2, 0) is 39.6 Å². The molecule has 0 spiro atoms. The minimum absolute atomic E-state index is 0.0619. The highest BCUT2D eigenvalue weighted by Crippen LogP contribution is 2.36. The fraction of sp³-hybridized carbons (Fsp3) is 0.591. The van der Waals surface area contributed by atoms with Gasteiger partial charge in [-0.15, -0.1) is 0 Å². The first-order valence-corrected chi connectivity index (χ1v) is 10.5. The average Bonchev–Trinajstić information content (AvgIpc) is 2.95. The summed E-state index contributed by atoms with van der Waals surface area (Å²) in [6.07, 6.45) is -0.387. The van der Waals surface area contributed by atoms with Crippen LogP contribution in [0.25, 0.3) is 0 Å². The minimum atomic E-state index is -1.14. The van der Waals surface area contributed by atoms with Crippen LogP contribution in [0.3, 0.4) is 0 Å². The quantitative estimate of drug-likeness (QED) is 0.442. The highest BCUT2D eigenvalue weighted by Gasteiger charge is 2.51. The first-order valence-electron chi connectivity index (χ1n) is 10.5. The van der Waals surface area contributed by atoms with E-state index in [-0.39, 0.29) is 12.8 Å². The van der Waals surface area contributed by atoms with Crippen molar-refractivity contribution < 1.29 is 37.9 Å². The average molecular weight is 449 g/mol. The summed E-state index contributed by atoms with van der Waals surface area (Å²) in [6.45, 7) is 10.1. The number of esters is 2. The second-order valence-corrected chi connectivity index (χ2v) is 8.49. The van der Waals surface area contributed by atoms with Crippen molar-refractivity contribution >= 4 is 30.4 Å². The highest BCUT2D eigenvalue weighted by molar-refractivity contribution is 6.62. The fourth-order valence-electron chi connectivity index (χ4n) is 3.14. The summed E-state index contributed by atoms with van der Waals surface area (Å²) >= 11 is 0. The van der Waals surface area contributed by atoms with Crippen LogP contribution in [0.5, 0.6) is 5.75 Å². The lowest BCUT2D eigenvalue weighted by Gasteiger charge is -2.32. The zero-order chi connectivity index (χ0) is 24.1. The van der Waals surface area contributed by atoms with Gasteiger partial charge in [-0.25, -0.2) is 4.79 Å². The van der Waals surface area contributed by atoms with E-state index in [1.54, 1.807) is 12.1 Å². The minimum Gasteiger partial charge on any atom is -0.494 e. The van der Waals surface area contributed by atoms with Crippen molar-refractivity contribution in [3.8, 4) is 5.75 Å². The zero-order valence-corrected chi connectivity index (χ0v) is 19.8. The number of benzene rings is 1. The molecule has 1 heterocycles. The van der Waals surface area contributed by atoms with Crippen molar-refractivity contribution in [2.45, 2.75) is 64.7 Å². The van der Waals surface area contributed by atoms with Gasteiger partial charge in [0.15, 0.2) is 0 Å². The molecule has 9 nitrogen and oxygen atoms in total. The van der Waals surface area contributed by atoms with Gasteiger partial charge >= 0.3 is 19.1 Å². The molecule has 10 heteroatoms. The molecule has 1 aliphatic rings. The molecule has 1 aromatic rings. The topological polar surface area (TPSA) is 109 Å². The normalized spacial score (nSPS) is 17.4. The fourth-order valence-corrected chi connectivity index (χ4v) is 3.14. The van der Waals surface area contributed by atoms with Gasteiger partial charge in [-0.2, -0.15) is 0 Å². The summed E-state index contributed by atoms with van der Waals surface area (Å²) in [5.41, 5.74) is 0.426. The van der Waals surface area contributed by atoms with E-state index >= 15 is 0 Å². The van der Waals surface area contributed by atoms with Gasteiger partial charge in [0.2, 0.25) is 5.91 Å². The summed E-state index contributed by atoms with van der Waals surface area (Å²) in [7, 11) is 1.82. The summed E-state index contributed by atoms with van der Waals surface area (Å²) < 4.78 is 27.2. The molecule has 1 aliphatic heterocycles. The van der Waals surface area contributed by atoms with E-state index in [0.717, 1.165) is 5.46 Å². The van der Waals surface area contributed by atoms with Gasteiger partial charge in [0.25, 0.3) is 0 Å². The van der Waals surface area contributed by atoms with Crippen molar-refractivity contribution in [3.05, 3.63) is 23.8 Å². The summed E-state index contributed by atoms with van der Waals surface area (Å²) in [4.78, 5) is 36.1. The van der Waals surface area contributed by atoms with Crippen LogP contribution in [0.15, 0.2) is 18.2 Å². The molecule has 176 valence electrons. The third kappa shape index (κ3) is 6.01. The Morgan fingerprint density at radius 1 is 1.06 bits per heavy atom. The van der Waals surface area contributed by atoms with E-state index in [2.05, 4.69) is 14.8 Å². The number of hydrogen-bond donors (Lipinski definition) is 1. The van der Waals surface area contributed by atoms with Crippen molar-refractivity contribution in [1.29, 1.82) is 0 Å². The standard InChI is InChI=1S/C22H32BNO8/c1-8-30-17-12-15(23-31-21(2,3)22(4,5)32-23)10-9-14(17)11-18(25)24-16(20(27)29-7)13-19(26)28-6/h9-10,12,16H,8,11,13H2,1-7H3,(H,24,25). The molecule has 2 rings (SSSR count). The lowest BCUT2D eigenvalue weighted by Crippen LogP contribution is -2.43. The molecule has 1 saturated heterocycles. The van der Waals surface area contributed by atoms with Gasteiger partial charge in [-0.1, -0.05) is 12.1 Å². The maximum atomic E-state index is 12.6. The summed E-state index contributed by atoms with van der Waals surface area (Å²) in [5, 5.41) is 2.52. The van der Waals surface area contributed by atoms with Crippen LogP contribution < -0.4 is 15.5 Å². The summed E-state index contributed by atoms with van der Waals surface area (Å²) in [5.74, 6) is -1.32. The Labute approximate surface area is 189 Å². The maximum Gasteiger partial charge on any atom is 0.494 e. The number of methoxy groups -OCH3 is 2. The molecule has 0 saturated carbocycles. The second kappa shape index (κ2) is 10.4. The van der Waals surface area contributed by atoms with E-state index in [9.17, 15) is 14.4 Å². The first kappa shape index (κ1) is 25.7. The molecule has 0 radical (unpaired) electrons. The number of nitrogens with one attached hydrogen (secondary N) is 1. The van der Waals surface area contributed by atoms with Crippen LogP contribution in [0.4, 0.5) is 0 Å². The van der Waals surface area contributed by atoms with Crippen LogP contribution in [0, 0.1) is 0 Å². The van der Waals surface area contributed by atoms with E-state index < -0.39 is 42.2 Å². The summed E-state index contributed by atoms with van der Waals surface area (Å²) in [6, 6.07) is 4.23. The van der Waals surface area contributed by atoms with Crippen LogP contribution in [-0.4, -0.2) is 63.0 Å². The van der Waals surface area contributed by atoms with Gasteiger partial charge in [-0.3, -0.25) is 9.59 Å². The van der Waals surface area contributed by atoms with Crippen molar-refractivity contribution in [3.63, 3.8) is 0 Å². The smallest absolute Gasteiger partial charge is 0.494 e. The number of rotatable bonds is 9. The van der Waals surface area contributed by atoms with Crippen LogP contribution in [0.1, 0.15) is 46.6 Å². The largest absolute Gasteiger partial charge is 0.494 e. The highest BCUT2D eigenvalue weighted by atomic mass is 16.7. The third-order valence-corrected chi connectivity index (χ3v) is 5.69. The first-order chi connectivity index (χ1) is 14.9. The lowest BCUT2D eigenvalue weighted by atomic mass is 9.78. The molecule has 1 aromatic carbocycles. The predicted molar refractivity (Wildman–Crippen MR) is 118 cm³/mol. The monoisotopic (exact) mass is 449 g/mol. The number of carbonyl (C=O) groups excluding carboxylic acids is 3. The second-order valence-electron chi connectivity index (χ2n) is 8.49. The molecule has 1 amide bonds. The van der Waals surface area contributed by atoms with Gasteiger partial charge in [0.05, 0.1) is 44.9 Å². The number of carbonyl (C=O) groups is 3. The van der Waals surface area contributed by atoms with E-state index in [1.165, 1.54) is 14.2 Å². The molecular formula is C22H32BNO8. The molecular weight excluding hydrogens is 417 g/mol.